The molecule has 0 saturated heterocycles. The van der Waals surface area contributed by atoms with Gasteiger partial charge in [-0.25, -0.2) is 0 Å². The second kappa shape index (κ2) is 7.70. The summed E-state index contributed by atoms with van der Waals surface area (Å²) in [6.07, 6.45) is 3.93. The van der Waals surface area contributed by atoms with Crippen LogP contribution in [-0.2, 0) is 6.42 Å². The highest BCUT2D eigenvalue weighted by atomic mass is 35.5. The van der Waals surface area contributed by atoms with Crippen LogP contribution < -0.4 is 10.2 Å². The van der Waals surface area contributed by atoms with Crippen LogP contribution in [0.3, 0.4) is 0 Å². The van der Waals surface area contributed by atoms with Gasteiger partial charge >= 0.3 is 0 Å². The van der Waals surface area contributed by atoms with E-state index >= 15 is 0 Å². The topological polar surface area (TPSA) is 53.9 Å². The number of anilines is 1. The molecule has 0 fully saturated rings. The summed E-state index contributed by atoms with van der Waals surface area (Å²) in [5, 5.41) is 14.9. The summed E-state index contributed by atoms with van der Waals surface area (Å²) < 4.78 is 5.18. The van der Waals surface area contributed by atoms with Gasteiger partial charge in [-0.15, -0.1) is 6.58 Å². The standard InChI is InChI=1S/C18H19ClN2O2/c1-4-5-14-8-13(9-17(23-3)18(14)22)11-20-21-15-7-6-12(2)16(19)10-15/h4,6-11,21-22H,1,5H2,2-3H3. The molecule has 0 unspecified atom stereocenters. The minimum absolute atomic E-state index is 0.128. The van der Waals surface area contributed by atoms with E-state index in [-0.39, 0.29) is 5.75 Å². The molecule has 0 saturated carbocycles. The Morgan fingerprint density at radius 3 is 2.78 bits per heavy atom. The number of aryl methyl sites for hydroxylation is 1. The maximum absolute atomic E-state index is 10.1. The van der Waals surface area contributed by atoms with E-state index in [1.807, 2.05) is 31.2 Å². The first kappa shape index (κ1) is 16.9. The number of nitrogens with one attached hydrogen (secondary N) is 1. The summed E-state index contributed by atoms with van der Waals surface area (Å²) in [7, 11) is 1.51. The first-order chi connectivity index (χ1) is 11.0. The van der Waals surface area contributed by atoms with Crippen molar-refractivity contribution in [3.63, 3.8) is 0 Å². The Morgan fingerprint density at radius 2 is 2.13 bits per heavy atom. The summed E-state index contributed by atoms with van der Waals surface area (Å²) >= 11 is 6.08. The zero-order valence-corrected chi connectivity index (χ0v) is 13.9. The first-order valence-electron chi connectivity index (χ1n) is 7.11. The summed E-state index contributed by atoms with van der Waals surface area (Å²) in [4.78, 5) is 0. The number of nitrogens with zero attached hydrogens (tertiary/aromatic N) is 1. The van der Waals surface area contributed by atoms with Crippen molar-refractivity contribution >= 4 is 23.5 Å². The summed E-state index contributed by atoms with van der Waals surface area (Å²) in [6.45, 7) is 5.63. The molecule has 0 atom stereocenters. The van der Waals surface area contributed by atoms with Crippen LogP contribution in [0.2, 0.25) is 5.02 Å². The molecule has 0 spiro atoms. The number of benzene rings is 2. The first-order valence-corrected chi connectivity index (χ1v) is 7.49. The van der Waals surface area contributed by atoms with Gasteiger partial charge in [-0.3, -0.25) is 5.43 Å². The molecular formula is C18H19ClN2O2. The van der Waals surface area contributed by atoms with E-state index in [0.717, 1.165) is 22.4 Å². The highest BCUT2D eigenvalue weighted by Crippen LogP contribution is 2.31. The van der Waals surface area contributed by atoms with Crippen LogP contribution in [-0.4, -0.2) is 18.4 Å². The fraction of sp³-hybridized carbons (Fsp3) is 0.167. The molecule has 0 heterocycles. The van der Waals surface area contributed by atoms with Gasteiger partial charge in [-0.1, -0.05) is 23.7 Å². The van der Waals surface area contributed by atoms with Crippen molar-refractivity contribution in [2.45, 2.75) is 13.3 Å². The van der Waals surface area contributed by atoms with Gasteiger partial charge < -0.3 is 9.84 Å². The number of ether oxygens (including phenoxy) is 1. The average Bonchev–Trinajstić information content (AvgIpc) is 2.54. The van der Waals surface area contributed by atoms with Gasteiger partial charge in [0.05, 0.1) is 19.0 Å². The van der Waals surface area contributed by atoms with Crippen LogP contribution in [0.15, 0.2) is 48.1 Å². The highest BCUT2D eigenvalue weighted by molar-refractivity contribution is 6.31. The predicted molar refractivity (Wildman–Crippen MR) is 96.0 cm³/mol. The Labute approximate surface area is 141 Å². The zero-order chi connectivity index (χ0) is 16.8. The number of rotatable bonds is 6. The fourth-order valence-electron chi connectivity index (χ4n) is 2.07. The molecule has 0 aliphatic rings. The molecule has 0 bridgehead atoms. The molecule has 0 radical (unpaired) electrons. The van der Waals surface area contributed by atoms with Crippen LogP contribution in [0.25, 0.3) is 0 Å². The molecule has 2 rings (SSSR count). The average molecular weight is 331 g/mol. The molecule has 23 heavy (non-hydrogen) atoms. The van der Waals surface area contributed by atoms with Crippen LogP contribution in [0.5, 0.6) is 11.5 Å². The van der Waals surface area contributed by atoms with Crippen molar-refractivity contribution in [2.75, 3.05) is 12.5 Å². The number of aromatic hydroxyl groups is 1. The Kier molecular flexibility index (Phi) is 5.66. The van der Waals surface area contributed by atoms with Crippen molar-refractivity contribution in [2.24, 2.45) is 5.10 Å². The number of phenols is 1. The Morgan fingerprint density at radius 1 is 1.35 bits per heavy atom. The van der Waals surface area contributed by atoms with Crippen molar-refractivity contribution < 1.29 is 9.84 Å². The van der Waals surface area contributed by atoms with Crippen LogP contribution >= 0.6 is 11.6 Å². The van der Waals surface area contributed by atoms with E-state index in [1.165, 1.54) is 7.11 Å². The quantitative estimate of drug-likeness (QED) is 0.464. The second-order valence-corrected chi connectivity index (χ2v) is 5.46. The maximum atomic E-state index is 10.1. The van der Waals surface area contributed by atoms with Crippen LogP contribution in [0, 0.1) is 6.92 Å². The summed E-state index contributed by atoms with van der Waals surface area (Å²) in [5.74, 6) is 0.534. The van der Waals surface area contributed by atoms with Gasteiger partial charge in [-0.05, 0) is 48.7 Å². The van der Waals surface area contributed by atoms with Crippen molar-refractivity contribution in [1.29, 1.82) is 0 Å². The summed E-state index contributed by atoms with van der Waals surface area (Å²) in [5.41, 5.74) is 6.28. The number of hydrogen-bond donors (Lipinski definition) is 2. The number of methoxy groups -OCH3 is 1. The third-order valence-corrected chi connectivity index (χ3v) is 3.75. The highest BCUT2D eigenvalue weighted by Gasteiger charge is 2.08. The Hall–Kier alpha value is -2.46. The van der Waals surface area contributed by atoms with Gasteiger partial charge in [0.1, 0.15) is 0 Å². The van der Waals surface area contributed by atoms with Gasteiger partial charge in [0.2, 0.25) is 0 Å². The number of phenolic OH excluding ortho intramolecular Hbond substituents is 1. The van der Waals surface area contributed by atoms with Gasteiger partial charge in [0.15, 0.2) is 11.5 Å². The molecule has 2 N–H and O–H groups in total. The van der Waals surface area contributed by atoms with Gasteiger partial charge in [0.25, 0.3) is 0 Å². The molecule has 0 aliphatic heterocycles. The number of allylic oxidation sites excluding steroid dienone is 1. The van der Waals surface area contributed by atoms with Gasteiger partial charge in [-0.2, -0.15) is 5.10 Å². The van der Waals surface area contributed by atoms with E-state index in [2.05, 4.69) is 17.1 Å². The van der Waals surface area contributed by atoms with Crippen molar-refractivity contribution in [3.8, 4) is 11.5 Å². The normalized spacial score (nSPS) is 10.7. The second-order valence-electron chi connectivity index (χ2n) is 5.06. The third kappa shape index (κ3) is 4.27. The molecule has 0 aromatic heterocycles. The number of hydrogen-bond acceptors (Lipinski definition) is 4. The lowest BCUT2D eigenvalue weighted by Crippen LogP contribution is -1.95. The fourth-order valence-corrected chi connectivity index (χ4v) is 2.25. The molecule has 2 aromatic rings. The monoisotopic (exact) mass is 330 g/mol. The van der Waals surface area contributed by atoms with E-state index in [9.17, 15) is 5.11 Å². The van der Waals surface area contributed by atoms with Crippen LogP contribution in [0.4, 0.5) is 5.69 Å². The van der Waals surface area contributed by atoms with Gasteiger partial charge in [0, 0.05) is 10.6 Å². The Bertz CT molecular complexity index is 742. The number of hydrazone groups is 1. The molecule has 120 valence electrons. The minimum Gasteiger partial charge on any atom is -0.504 e. The predicted octanol–water partition coefficient (Wildman–Crippen LogP) is 4.54. The van der Waals surface area contributed by atoms with Crippen LogP contribution in [0.1, 0.15) is 16.7 Å². The lowest BCUT2D eigenvalue weighted by atomic mass is 10.1. The molecule has 2 aromatic carbocycles. The molecular weight excluding hydrogens is 312 g/mol. The van der Waals surface area contributed by atoms with Crippen molar-refractivity contribution in [3.05, 3.63) is 64.7 Å². The lowest BCUT2D eigenvalue weighted by Gasteiger charge is -2.09. The lowest BCUT2D eigenvalue weighted by molar-refractivity contribution is 0.371. The Balaban J connectivity index is 2.19. The maximum Gasteiger partial charge on any atom is 0.161 e. The zero-order valence-electron chi connectivity index (χ0n) is 13.1. The van der Waals surface area contributed by atoms with E-state index in [0.29, 0.717) is 17.2 Å². The SMILES string of the molecule is C=CCc1cc(C=NNc2ccc(C)c(Cl)c2)cc(OC)c1O. The van der Waals surface area contributed by atoms with E-state index in [1.54, 1.807) is 18.4 Å². The van der Waals surface area contributed by atoms with E-state index < -0.39 is 0 Å². The minimum atomic E-state index is 0.128. The third-order valence-electron chi connectivity index (χ3n) is 3.34. The smallest absolute Gasteiger partial charge is 0.161 e. The molecule has 4 nitrogen and oxygen atoms in total. The van der Waals surface area contributed by atoms with Crippen molar-refractivity contribution in [1.82, 2.24) is 0 Å². The molecule has 5 heteroatoms. The largest absolute Gasteiger partial charge is 0.504 e. The number of halogens is 1. The molecule has 0 aliphatic carbocycles. The molecule has 0 amide bonds. The van der Waals surface area contributed by atoms with E-state index in [4.69, 9.17) is 16.3 Å². The summed E-state index contributed by atoms with van der Waals surface area (Å²) in [6, 6.07) is 9.20.